The van der Waals surface area contributed by atoms with Crippen molar-refractivity contribution in [3.63, 3.8) is 0 Å². The van der Waals surface area contributed by atoms with Crippen LogP contribution in [0.15, 0.2) is 0 Å². The first-order valence-electron chi connectivity index (χ1n) is 3.57. The smallest absolute Gasteiger partial charge is 0.142 e. The standard InChI is InChI=1S/C7H14ClNO2/c1-2-11-6-7(9,5-10)3-4-8/h5H,2-4,6,9H2,1H3/t7-/m1/s1. The van der Waals surface area contributed by atoms with E-state index in [0.29, 0.717) is 25.2 Å². The summed E-state index contributed by atoms with van der Waals surface area (Å²) in [7, 11) is 0. The van der Waals surface area contributed by atoms with Gasteiger partial charge in [0.05, 0.1) is 12.1 Å². The number of rotatable bonds is 6. The maximum absolute atomic E-state index is 10.5. The van der Waals surface area contributed by atoms with Crippen LogP contribution in [0, 0.1) is 0 Å². The van der Waals surface area contributed by atoms with Gasteiger partial charge in [-0.3, -0.25) is 0 Å². The molecule has 1 atom stereocenters. The van der Waals surface area contributed by atoms with Crippen LogP contribution in [-0.2, 0) is 9.53 Å². The SMILES string of the molecule is CCOC[C@](N)(C=O)CCCl. The van der Waals surface area contributed by atoms with Crippen molar-refractivity contribution in [2.75, 3.05) is 19.1 Å². The fraction of sp³-hybridized carbons (Fsp3) is 0.857. The Bertz CT molecular complexity index is 121. The molecule has 0 aliphatic carbocycles. The minimum atomic E-state index is -0.891. The molecule has 0 saturated carbocycles. The van der Waals surface area contributed by atoms with Crippen molar-refractivity contribution in [2.24, 2.45) is 5.73 Å². The number of alkyl halides is 1. The van der Waals surface area contributed by atoms with Gasteiger partial charge in [-0.25, -0.2) is 0 Å². The van der Waals surface area contributed by atoms with Gasteiger partial charge < -0.3 is 15.3 Å². The van der Waals surface area contributed by atoms with E-state index in [9.17, 15) is 4.79 Å². The fourth-order valence-corrected chi connectivity index (χ4v) is 0.985. The molecule has 0 heterocycles. The van der Waals surface area contributed by atoms with E-state index < -0.39 is 5.54 Å². The monoisotopic (exact) mass is 179 g/mol. The first-order valence-corrected chi connectivity index (χ1v) is 4.11. The van der Waals surface area contributed by atoms with Gasteiger partial charge in [-0.2, -0.15) is 0 Å². The van der Waals surface area contributed by atoms with Crippen LogP contribution in [0.4, 0.5) is 0 Å². The topological polar surface area (TPSA) is 52.3 Å². The Kier molecular flexibility index (Phi) is 5.46. The summed E-state index contributed by atoms with van der Waals surface area (Å²) >= 11 is 5.45. The van der Waals surface area contributed by atoms with E-state index in [1.54, 1.807) is 0 Å². The van der Waals surface area contributed by atoms with Crippen LogP contribution in [-0.4, -0.2) is 30.9 Å². The Hall–Kier alpha value is -0.120. The van der Waals surface area contributed by atoms with Crippen LogP contribution in [0.2, 0.25) is 0 Å². The van der Waals surface area contributed by atoms with Gasteiger partial charge in [-0.05, 0) is 13.3 Å². The van der Waals surface area contributed by atoms with E-state index >= 15 is 0 Å². The fourth-order valence-electron chi connectivity index (χ4n) is 0.633. The predicted octanol–water partition coefficient (Wildman–Crippen LogP) is 0.548. The normalized spacial score (nSPS) is 15.9. The lowest BCUT2D eigenvalue weighted by Gasteiger charge is -2.20. The van der Waals surface area contributed by atoms with Gasteiger partial charge in [0.2, 0.25) is 0 Å². The van der Waals surface area contributed by atoms with E-state index in [0.717, 1.165) is 0 Å². The first kappa shape index (κ1) is 10.9. The second-order valence-electron chi connectivity index (χ2n) is 2.43. The Morgan fingerprint density at radius 2 is 2.36 bits per heavy atom. The van der Waals surface area contributed by atoms with Crippen LogP contribution < -0.4 is 5.73 Å². The van der Waals surface area contributed by atoms with Gasteiger partial charge in [0.25, 0.3) is 0 Å². The number of carbonyl (C=O) groups excluding carboxylic acids is 1. The van der Waals surface area contributed by atoms with Crippen molar-refractivity contribution in [3.8, 4) is 0 Å². The zero-order valence-electron chi connectivity index (χ0n) is 6.68. The number of aldehydes is 1. The van der Waals surface area contributed by atoms with E-state index in [4.69, 9.17) is 22.1 Å². The van der Waals surface area contributed by atoms with Crippen molar-refractivity contribution in [3.05, 3.63) is 0 Å². The highest BCUT2D eigenvalue weighted by Gasteiger charge is 2.23. The largest absolute Gasteiger partial charge is 0.379 e. The van der Waals surface area contributed by atoms with E-state index in [-0.39, 0.29) is 6.61 Å². The summed E-state index contributed by atoms with van der Waals surface area (Å²) in [6.45, 7) is 2.67. The van der Waals surface area contributed by atoms with Crippen molar-refractivity contribution in [2.45, 2.75) is 18.9 Å². The summed E-state index contributed by atoms with van der Waals surface area (Å²) in [6, 6.07) is 0. The Morgan fingerprint density at radius 1 is 1.73 bits per heavy atom. The lowest BCUT2D eigenvalue weighted by Crippen LogP contribution is -2.46. The first-order chi connectivity index (χ1) is 5.18. The summed E-state index contributed by atoms with van der Waals surface area (Å²) in [6.07, 6.45) is 1.16. The van der Waals surface area contributed by atoms with Gasteiger partial charge in [0.15, 0.2) is 0 Å². The minimum Gasteiger partial charge on any atom is -0.379 e. The summed E-state index contributed by atoms with van der Waals surface area (Å²) in [5.74, 6) is 0.377. The lowest BCUT2D eigenvalue weighted by atomic mass is 10.0. The summed E-state index contributed by atoms with van der Waals surface area (Å²) < 4.78 is 5.03. The van der Waals surface area contributed by atoms with Crippen LogP contribution in [0.5, 0.6) is 0 Å². The highest BCUT2D eigenvalue weighted by molar-refractivity contribution is 6.18. The highest BCUT2D eigenvalue weighted by atomic mass is 35.5. The van der Waals surface area contributed by atoms with Crippen molar-refractivity contribution < 1.29 is 9.53 Å². The zero-order chi connectivity index (χ0) is 8.74. The zero-order valence-corrected chi connectivity index (χ0v) is 7.43. The molecule has 0 aliphatic heterocycles. The molecule has 0 spiro atoms. The number of halogens is 1. The van der Waals surface area contributed by atoms with Gasteiger partial charge >= 0.3 is 0 Å². The van der Waals surface area contributed by atoms with E-state index in [1.165, 1.54) is 0 Å². The second-order valence-corrected chi connectivity index (χ2v) is 2.81. The van der Waals surface area contributed by atoms with Crippen LogP contribution >= 0.6 is 11.6 Å². The molecule has 0 aromatic carbocycles. The predicted molar refractivity (Wildman–Crippen MR) is 44.8 cm³/mol. The molecule has 0 aliphatic rings. The molecule has 0 aromatic heterocycles. The summed E-state index contributed by atoms with van der Waals surface area (Å²) in [5, 5.41) is 0. The van der Waals surface area contributed by atoms with Gasteiger partial charge in [-0.15, -0.1) is 11.6 Å². The molecular formula is C7H14ClNO2. The molecular weight excluding hydrogens is 166 g/mol. The molecule has 0 aromatic rings. The van der Waals surface area contributed by atoms with Crippen LogP contribution in [0.3, 0.4) is 0 Å². The third-order valence-electron chi connectivity index (χ3n) is 1.37. The quantitative estimate of drug-likeness (QED) is 0.479. The van der Waals surface area contributed by atoms with E-state index in [2.05, 4.69) is 0 Å². The molecule has 0 amide bonds. The molecule has 0 unspecified atom stereocenters. The van der Waals surface area contributed by atoms with Crippen LogP contribution in [0.25, 0.3) is 0 Å². The molecule has 11 heavy (non-hydrogen) atoms. The van der Waals surface area contributed by atoms with Crippen LogP contribution in [0.1, 0.15) is 13.3 Å². The highest BCUT2D eigenvalue weighted by Crippen LogP contribution is 2.05. The Labute approximate surface area is 71.8 Å². The third-order valence-corrected chi connectivity index (χ3v) is 1.56. The molecule has 0 rings (SSSR count). The van der Waals surface area contributed by atoms with Crippen molar-refractivity contribution in [1.29, 1.82) is 0 Å². The number of hydrogen-bond donors (Lipinski definition) is 1. The Balaban J connectivity index is 3.77. The van der Waals surface area contributed by atoms with Crippen molar-refractivity contribution >= 4 is 17.9 Å². The average Bonchev–Trinajstić information content (AvgIpc) is 2.02. The number of nitrogens with two attached hydrogens (primary N) is 1. The van der Waals surface area contributed by atoms with Crippen molar-refractivity contribution in [1.82, 2.24) is 0 Å². The molecule has 0 saturated heterocycles. The molecule has 0 radical (unpaired) electrons. The number of hydrogen-bond acceptors (Lipinski definition) is 3. The molecule has 0 bridgehead atoms. The average molecular weight is 180 g/mol. The Morgan fingerprint density at radius 3 is 2.73 bits per heavy atom. The molecule has 3 nitrogen and oxygen atoms in total. The van der Waals surface area contributed by atoms with Gasteiger partial charge in [0.1, 0.15) is 6.29 Å². The molecule has 66 valence electrons. The summed E-state index contributed by atoms with van der Waals surface area (Å²) in [4.78, 5) is 10.5. The van der Waals surface area contributed by atoms with Gasteiger partial charge in [-0.1, -0.05) is 0 Å². The molecule has 2 N–H and O–H groups in total. The molecule has 0 fully saturated rings. The maximum atomic E-state index is 10.5. The second kappa shape index (κ2) is 5.52. The minimum absolute atomic E-state index is 0.250. The third kappa shape index (κ3) is 4.35. The summed E-state index contributed by atoms with van der Waals surface area (Å²) in [5.41, 5.74) is 4.73. The molecule has 4 heteroatoms. The number of ether oxygens (including phenoxy) is 1. The van der Waals surface area contributed by atoms with E-state index in [1.807, 2.05) is 6.92 Å². The number of carbonyl (C=O) groups is 1. The van der Waals surface area contributed by atoms with Gasteiger partial charge in [0, 0.05) is 12.5 Å². The lowest BCUT2D eigenvalue weighted by molar-refractivity contribution is -0.114. The maximum Gasteiger partial charge on any atom is 0.142 e.